The van der Waals surface area contributed by atoms with Gasteiger partial charge >= 0.3 is 0 Å². The first-order chi connectivity index (χ1) is 20.7. The third kappa shape index (κ3) is 4.41. The van der Waals surface area contributed by atoms with Crippen molar-refractivity contribution < 1.29 is 0 Å². The smallest absolute Gasteiger partial charge is 0.164 e. The predicted molar refractivity (Wildman–Crippen MR) is 166 cm³/mol. The van der Waals surface area contributed by atoms with Gasteiger partial charge < -0.3 is 0 Å². The van der Waals surface area contributed by atoms with E-state index >= 15 is 0 Å². The largest absolute Gasteiger partial charge is 0.208 e. The molecule has 42 heavy (non-hydrogen) atoms. The zero-order valence-electron chi connectivity index (χ0n) is 23.6. The lowest BCUT2D eigenvalue weighted by Crippen LogP contribution is -2.48. The minimum atomic E-state index is 0.390. The Hall–Kier alpha value is -4.62. The minimum Gasteiger partial charge on any atom is -0.208 e. The highest BCUT2D eigenvalue weighted by Gasteiger charge is 2.51. The molecule has 0 unspecified atom stereocenters. The molecule has 4 aliphatic carbocycles. The first-order valence-electron chi connectivity index (χ1n) is 15.2. The van der Waals surface area contributed by atoms with E-state index in [0.717, 1.165) is 40.0 Å². The molecule has 0 radical (unpaired) electrons. The Labute approximate surface area is 247 Å². The van der Waals surface area contributed by atoms with Gasteiger partial charge in [-0.25, -0.2) is 15.0 Å². The minimum absolute atomic E-state index is 0.390. The van der Waals surface area contributed by atoms with Crippen LogP contribution in [-0.4, -0.2) is 15.0 Å². The van der Waals surface area contributed by atoms with Gasteiger partial charge in [-0.3, -0.25) is 0 Å². The highest BCUT2D eigenvalue weighted by molar-refractivity contribution is 5.82. The summed E-state index contributed by atoms with van der Waals surface area (Å²) in [6.45, 7) is 0. The Morgan fingerprint density at radius 2 is 1.02 bits per heavy atom. The SMILES string of the molecule is N#Cc1ccc(-c2nc(-c3ccccc3)nc(-c3ccccc3-c3ccc(C45C[C@H]6C[C@@H](C4)C[C@@H](C5)C6)cc3)n2)cc1. The standard InChI is InChI=1S/C38H32N4/c39-24-25-10-12-31(13-11-25)36-40-35(30-6-2-1-3-7-30)41-37(42-36)34-9-5-4-8-33(34)29-14-16-32(17-15-29)38-21-26-18-27(22-38)20-28(19-26)23-38/h1-17,26-28H,18-23H2/t26-,27+,28-,38?. The maximum absolute atomic E-state index is 9.28. The number of hydrogen-bond acceptors (Lipinski definition) is 4. The van der Waals surface area contributed by atoms with Crippen molar-refractivity contribution in [1.29, 1.82) is 5.26 Å². The van der Waals surface area contributed by atoms with Crippen molar-refractivity contribution in [3.05, 3.63) is 114 Å². The number of hydrogen-bond donors (Lipinski definition) is 0. The lowest BCUT2D eigenvalue weighted by molar-refractivity contribution is -0.00518. The third-order valence-corrected chi connectivity index (χ3v) is 9.95. The van der Waals surface area contributed by atoms with Gasteiger partial charge in [0, 0.05) is 16.7 Å². The average molecular weight is 545 g/mol. The molecule has 4 heteroatoms. The van der Waals surface area contributed by atoms with Crippen LogP contribution < -0.4 is 0 Å². The molecular formula is C38H32N4. The Bertz CT molecular complexity index is 1760. The number of aromatic nitrogens is 3. The van der Waals surface area contributed by atoms with Crippen molar-refractivity contribution in [3.63, 3.8) is 0 Å². The summed E-state index contributed by atoms with van der Waals surface area (Å²) >= 11 is 0. The summed E-state index contributed by atoms with van der Waals surface area (Å²) in [5.74, 6) is 4.67. The molecule has 0 saturated heterocycles. The molecular weight excluding hydrogens is 512 g/mol. The van der Waals surface area contributed by atoms with E-state index in [9.17, 15) is 5.26 Å². The van der Waals surface area contributed by atoms with Gasteiger partial charge in [-0.05, 0) is 103 Å². The van der Waals surface area contributed by atoms with E-state index in [1.54, 1.807) is 12.1 Å². The topological polar surface area (TPSA) is 62.5 Å². The van der Waals surface area contributed by atoms with Gasteiger partial charge in [-0.15, -0.1) is 0 Å². The monoisotopic (exact) mass is 544 g/mol. The van der Waals surface area contributed by atoms with Gasteiger partial charge in [0.1, 0.15) is 0 Å². The van der Waals surface area contributed by atoms with E-state index in [1.165, 1.54) is 49.7 Å². The van der Waals surface area contributed by atoms with Crippen LogP contribution in [0.25, 0.3) is 45.3 Å². The highest BCUT2D eigenvalue weighted by Crippen LogP contribution is 2.60. The Morgan fingerprint density at radius 1 is 0.524 bits per heavy atom. The number of nitriles is 1. The fourth-order valence-corrected chi connectivity index (χ4v) is 8.43. The zero-order valence-corrected chi connectivity index (χ0v) is 23.6. The van der Waals surface area contributed by atoms with Crippen LogP contribution in [0.3, 0.4) is 0 Å². The highest BCUT2D eigenvalue weighted by atomic mass is 15.0. The van der Waals surface area contributed by atoms with Gasteiger partial charge in [0.05, 0.1) is 11.6 Å². The summed E-state index contributed by atoms with van der Waals surface area (Å²) in [4.78, 5) is 14.8. The fourth-order valence-electron chi connectivity index (χ4n) is 8.43. The summed E-state index contributed by atoms with van der Waals surface area (Å²) in [5.41, 5.74) is 7.61. The molecule has 4 saturated carbocycles. The van der Waals surface area contributed by atoms with Crippen molar-refractivity contribution in [2.24, 2.45) is 17.8 Å². The molecule has 0 amide bonds. The van der Waals surface area contributed by atoms with Gasteiger partial charge in [-0.1, -0.05) is 78.9 Å². The first kappa shape index (κ1) is 25.1. The summed E-state index contributed by atoms with van der Waals surface area (Å²) in [6, 6.07) is 37.5. The van der Waals surface area contributed by atoms with Crippen molar-refractivity contribution in [1.82, 2.24) is 15.0 Å². The van der Waals surface area contributed by atoms with E-state index in [-0.39, 0.29) is 0 Å². The number of nitrogens with zero attached hydrogens (tertiary/aromatic N) is 4. The molecule has 5 aromatic rings. The Balaban J connectivity index is 1.20. The van der Waals surface area contributed by atoms with E-state index < -0.39 is 0 Å². The fraction of sp³-hybridized carbons (Fsp3) is 0.263. The average Bonchev–Trinajstić information content (AvgIpc) is 3.04. The molecule has 1 heterocycles. The molecule has 204 valence electrons. The van der Waals surface area contributed by atoms with Crippen LogP contribution in [0.4, 0.5) is 0 Å². The summed E-state index contributed by atoms with van der Waals surface area (Å²) in [5, 5.41) is 9.28. The van der Waals surface area contributed by atoms with Crippen LogP contribution in [0.2, 0.25) is 0 Å². The quantitative estimate of drug-likeness (QED) is 0.222. The van der Waals surface area contributed by atoms with Crippen LogP contribution in [0, 0.1) is 29.1 Å². The van der Waals surface area contributed by atoms with Gasteiger partial charge in [0.15, 0.2) is 17.5 Å². The lowest BCUT2D eigenvalue weighted by atomic mass is 9.48. The zero-order chi connectivity index (χ0) is 28.1. The number of rotatable bonds is 5. The maximum atomic E-state index is 9.28. The summed E-state index contributed by atoms with van der Waals surface area (Å²) < 4.78 is 0. The van der Waals surface area contributed by atoms with Crippen molar-refractivity contribution in [3.8, 4) is 51.4 Å². The van der Waals surface area contributed by atoms with E-state index in [0.29, 0.717) is 28.5 Å². The Morgan fingerprint density at radius 3 is 1.62 bits per heavy atom. The van der Waals surface area contributed by atoms with Gasteiger partial charge in [0.2, 0.25) is 0 Å². The molecule has 1 aromatic heterocycles. The van der Waals surface area contributed by atoms with Crippen LogP contribution in [0.5, 0.6) is 0 Å². The molecule has 0 spiro atoms. The van der Waals surface area contributed by atoms with Crippen LogP contribution in [-0.2, 0) is 5.41 Å². The lowest BCUT2D eigenvalue weighted by Gasteiger charge is -2.57. The molecule has 9 rings (SSSR count). The molecule has 4 aromatic carbocycles. The van der Waals surface area contributed by atoms with Crippen LogP contribution >= 0.6 is 0 Å². The number of benzene rings is 4. The van der Waals surface area contributed by atoms with Gasteiger partial charge in [0.25, 0.3) is 0 Å². The maximum Gasteiger partial charge on any atom is 0.164 e. The second-order valence-electron chi connectivity index (χ2n) is 12.7. The molecule has 0 N–H and O–H groups in total. The molecule has 4 aliphatic rings. The normalized spacial score (nSPS) is 23.9. The van der Waals surface area contributed by atoms with Crippen molar-refractivity contribution in [2.45, 2.75) is 43.9 Å². The third-order valence-electron chi connectivity index (χ3n) is 9.95. The van der Waals surface area contributed by atoms with Crippen LogP contribution in [0.1, 0.15) is 49.7 Å². The molecule has 0 aliphatic heterocycles. The Kier molecular flexibility index (Phi) is 6.00. The van der Waals surface area contributed by atoms with Crippen molar-refractivity contribution in [2.75, 3.05) is 0 Å². The van der Waals surface area contributed by atoms with E-state index in [2.05, 4.69) is 54.6 Å². The predicted octanol–water partition coefficient (Wildman–Crippen LogP) is 8.88. The molecule has 0 atom stereocenters. The summed E-state index contributed by atoms with van der Waals surface area (Å²) in [6.07, 6.45) is 8.52. The van der Waals surface area contributed by atoms with Gasteiger partial charge in [-0.2, -0.15) is 5.26 Å². The molecule has 4 nitrogen and oxygen atoms in total. The van der Waals surface area contributed by atoms with Crippen LogP contribution in [0.15, 0.2) is 103 Å². The van der Waals surface area contributed by atoms with E-state index in [1.807, 2.05) is 42.5 Å². The molecule has 4 bridgehead atoms. The first-order valence-corrected chi connectivity index (χ1v) is 15.2. The second-order valence-corrected chi connectivity index (χ2v) is 12.7. The molecule has 4 fully saturated rings. The van der Waals surface area contributed by atoms with E-state index in [4.69, 9.17) is 15.0 Å². The second kappa shape index (κ2) is 10.0. The van der Waals surface area contributed by atoms with Crippen molar-refractivity contribution >= 4 is 0 Å². The summed E-state index contributed by atoms with van der Waals surface area (Å²) in [7, 11) is 0.